The Morgan fingerprint density at radius 2 is 2.00 bits per heavy atom. The van der Waals surface area contributed by atoms with Crippen LogP contribution in [0.2, 0.25) is 0 Å². The SMILES string of the molecule is COC(=O)C1=C(C)NC(=O)N(C(C)=O)[C@@H]1c1ccc2c(c1)OCO2. The normalized spacial score (nSPS) is 19.2. The molecular formula is C16H16N2O6. The van der Waals surface area contributed by atoms with E-state index in [0.29, 0.717) is 22.8 Å². The molecule has 0 radical (unpaired) electrons. The van der Waals surface area contributed by atoms with Crippen molar-refractivity contribution in [2.45, 2.75) is 19.9 Å². The zero-order valence-electron chi connectivity index (χ0n) is 13.4. The van der Waals surface area contributed by atoms with Crippen molar-refractivity contribution >= 4 is 17.9 Å². The van der Waals surface area contributed by atoms with Crippen LogP contribution in [-0.4, -0.2) is 36.7 Å². The van der Waals surface area contributed by atoms with Crippen molar-refractivity contribution < 1.29 is 28.6 Å². The van der Waals surface area contributed by atoms with Crippen LogP contribution in [0.3, 0.4) is 0 Å². The van der Waals surface area contributed by atoms with E-state index < -0.39 is 23.9 Å². The lowest BCUT2D eigenvalue weighted by Gasteiger charge is -2.35. The number of rotatable bonds is 2. The van der Waals surface area contributed by atoms with Crippen LogP contribution >= 0.6 is 0 Å². The number of nitrogens with one attached hydrogen (secondary N) is 1. The number of imide groups is 1. The fourth-order valence-electron chi connectivity index (χ4n) is 2.84. The molecule has 0 unspecified atom stereocenters. The molecule has 3 rings (SSSR count). The topological polar surface area (TPSA) is 94.2 Å². The summed E-state index contributed by atoms with van der Waals surface area (Å²) in [6.45, 7) is 2.94. The first kappa shape index (κ1) is 15.9. The molecule has 0 fully saturated rings. The van der Waals surface area contributed by atoms with Crippen molar-refractivity contribution in [2.75, 3.05) is 13.9 Å². The first-order valence-corrected chi connectivity index (χ1v) is 7.23. The third kappa shape index (κ3) is 2.45. The Bertz CT molecular complexity index is 770. The van der Waals surface area contributed by atoms with Gasteiger partial charge in [0, 0.05) is 12.6 Å². The first-order chi connectivity index (χ1) is 11.4. The highest BCUT2D eigenvalue weighted by molar-refractivity contribution is 6.01. The molecule has 0 bridgehead atoms. The number of carbonyl (C=O) groups excluding carboxylic acids is 3. The number of hydrogen-bond acceptors (Lipinski definition) is 6. The third-order valence-corrected chi connectivity index (χ3v) is 3.91. The highest BCUT2D eigenvalue weighted by Gasteiger charge is 2.40. The number of methoxy groups -OCH3 is 1. The maximum Gasteiger partial charge on any atom is 0.337 e. The molecule has 1 N–H and O–H groups in total. The fourth-order valence-corrected chi connectivity index (χ4v) is 2.84. The van der Waals surface area contributed by atoms with Gasteiger partial charge in [-0.3, -0.25) is 9.69 Å². The molecule has 2 aliphatic heterocycles. The minimum Gasteiger partial charge on any atom is -0.466 e. The molecule has 2 heterocycles. The Labute approximate surface area is 138 Å². The van der Waals surface area contributed by atoms with Crippen LogP contribution in [-0.2, 0) is 14.3 Å². The smallest absolute Gasteiger partial charge is 0.337 e. The summed E-state index contributed by atoms with van der Waals surface area (Å²) in [5.74, 6) is -0.0666. The number of carbonyl (C=O) groups is 3. The Morgan fingerprint density at radius 3 is 2.67 bits per heavy atom. The number of ether oxygens (including phenoxy) is 3. The molecule has 24 heavy (non-hydrogen) atoms. The zero-order chi connectivity index (χ0) is 17.4. The molecule has 0 aromatic heterocycles. The predicted octanol–water partition coefficient (Wildman–Crippen LogP) is 1.48. The lowest BCUT2D eigenvalue weighted by Crippen LogP contribution is -2.50. The summed E-state index contributed by atoms with van der Waals surface area (Å²) in [6, 6.07) is 3.50. The average Bonchev–Trinajstić information content (AvgIpc) is 3.00. The van der Waals surface area contributed by atoms with Gasteiger partial charge in [-0.2, -0.15) is 0 Å². The van der Waals surface area contributed by atoms with Gasteiger partial charge in [-0.1, -0.05) is 6.07 Å². The summed E-state index contributed by atoms with van der Waals surface area (Å²) in [4.78, 5) is 37.5. The van der Waals surface area contributed by atoms with Crippen LogP contribution in [0.1, 0.15) is 25.5 Å². The van der Waals surface area contributed by atoms with Gasteiger partial charge in [0.2, 0.25) is 12.7 Å². The van der Waals surface area contributed by atoms with Crippen LogP contribution in [0.4, 0.5) is 4.79 Å². The van der Waals surface area contributed by atoms with Crippen molar-refractivity contribution in [3.63, 3.8) is 0 Å². The summed E-state index contributed by atoms with van der Waals surface area (Å²) in [6.07, 6.45) is 0. The molecule has 8 nitrogen and oxygen atoms in total. The Kier molecular flexibility index (Phi) is 3.88. The summed E-state index contributed by atoms with van der Waals surface area (Å²) in [7, 11) is 1.24. The molecule has 0 saturated heterocycles. The minimum atomic E-state index is -0.904. The fraction of sp³-hybridized carbons (Fsp3) is 0.312. The summed E-state index contributed by atoms with van der Waals surface area (Å²) in [5.41, 5.74) is 1.07. The number of benzene rings is 1. The molecule has 0 saturated carbocycles. The second-order valence-electron chi connectivity index (χ2n) is 5.36. The first-order valence-electron chi connectivity index (χ1n) is 7.23. The molecule has 126 valence electrons. The largest absolute Gasteiger partial charge is 0.466 e. The van der Waals surface area contributed by atoms with E-state index in [9.17, 15) is 14.4 Å². The van der Waals surface area contributed by atoms with E-state index in [1.54, 1.807) is 25.1 Å². The van der Waals surface area contributed by atoms with Crippen molar-refractivity contribution in [1.82, 2.24) is 10.2 Å². The van der Waals surface area contributed by atoms with E-state index in [0.717, 1.165) is 4.90 Å². The number of allylic oxidation sites excluding steroid dienone is 1. The van der Waals surface area contributed by atoms with Crippen LogP contribution in [0.15, 0.2) is 29.5 Å². The summed E-state index contributed by atoms with van der Waals surface area (Å²) in [5, 5.41) is 2.52. The average molecular weight is 332 g/mol. The maximum atomic E-state index is 12.3. The van der Waals surface area contributed by atoms with Gasteiger partial charge >= 0.3 is 12.0 Å². The van der Waals surface area contributed by atoms with Gasteiger partial charge in [0.05, 0.1) is 12.7 Å². The molecule has 1 aromatic rings. The highest BCUT2D eigenvalue weighted by atomic mass is 16.7. The molecule has 1 atom stereocenters. The lowest BCUT2D eigenvalue weighted by molar-refractivity contribution is -0.137. The third-order valence-electron chi connectivity index (χ3n) is 3.91. The molecule has 0 spiro atoms. The quantitative estimate of drug-likeness (QED) is 0.824. The summed E-state index contributed by atoms with van der Waals surface area (Å²) >= 11 is 0. The van der Waals surface area contributed by atoms with Gasteiger partial charge in [-0.15, -0.1) is 0 Å². The molecule has 1 aromatic carbocycles. The van der Waals surface area contributed by atoms with Crippen LogP contribution in [0, 0.1) is 0 Å². The van der Waals surface area contributed by atoms with Gasteiger partial charge in [0.25, 0.3) is 0 Å². The lowest BCUT2D eigenvalue weighted by atomic mass is 9.93. The van der Waals surface area contributed by atoms with E-state index in [2.05, 4.69) is 5.32 Å². The minimum absolute atomic E-state index is 0.0963. The second-order valence-corrected chi connectivity index (χ2v) is 5.36. The van der Waals surface area contributed by atoms with Crippen molar-refractivity contribution in [3.8, 4) is 11.5 Å². The molecule has 3 amide bonds. The van der Waals surface area contributed by atoms with Crippen molar-refractivity contribution in [2.24, 2.45) is 0 Å². The van der Waals surface area contributed by atoms with Gasteiger partial charge in [-0.25, -0.2) is 9.59 Å². The highest BCUT2D eigenvalue weighted by Crippen LogP contribution is 2.40. The predicted molar refractivity (Wildman–Crippen MR) is 81.1 cm³/mol. The molecule has 0 aliphatic carbocycles. The zero-order valence-corrected chi connectivity index (χ0v) is 13.4. The summed E-state index contributed by atoms with van der Waals surface area (Å²) < 4.78 is 15.4. The van der Waals surface area contributed by atoms with Crippen LogP contribution < -0.4 is 14.8 Å². The Morgan fingerprint density at radius 1 is 1.29 bits per heavy atom. The second kappa shape index (κ2) is 5.88. The number of hydrogen-bond donors (Lipinski definition) is 1. The van der Waals surface area contributed by atoms with E-state index in [1.165, 1.54) is 14.0 Å². The monoisotopic (exact) mass is 332 g/mol. The molecule has 2 aliphatic rings. The van der Waals surface area contributed by atoms with Gasteiger partial charge in [-0.05, 0) is 24.6 Å². The van der Waals surface area contributed by atoms with E-state index in [1.807, 2.05) is 0 Å². The van der Waals surface area contributed by atoms with Crippen LogP contribution in [0.25, 0.3) is 0 Å². The molecule has 8 heteroatoms. The molecular weight excluding hydrogens is 316 g/mol. The maximum absolute atomic E-state index is 12.3. The van der Waals surface area contributed by atoms with Crippen LogP contribution in [0.5, 0.6) is 11.5 Å². The van der Waals surface area contributed by atoms with Gasteiger partial charge in [0.1, 0.15) is 6.04 Å². The standard InChI is InChI=1S/C16H16N2O6/c1-8-13(15(20)22-3)14(18(9(2)19)16(21)17-8)10-4-5-11-12(6-10)24-7-23-11/h4-6,14H,7H2,1-3H3,(H,17,21)/t14-/m1/s1. The van der Waals surface area contributed by atoms with Gasteiger partial charge in [0.15, 0.2) is 11.5 Å². The number of amides is 3. The number of nitrogens with zero attached hydrogens (tertiary/aromatic N) is 1. The Balaban J connectivity index is 2.16. The number of urea groups is 1. The van der Waals surface area contributed by atoms with E-state index in [-0.39, 0.29) is 12.4 Å². The van der Waals surface area contributed by atoms with Crippen molar-refractivity contribution in [3.05, 3.63) is 35.0 Å². The number of fused-ring (bicyclic) bond motifs is 1. The van der Waals surface area contributed by atoms with Crippen molar-refractivity contribution in [1.29, 1.82) is 0 Å². The number of esters is 1. The van der Waals surface area contributed by atoms with E-state index in [4.69, 9.17) is 14.2 Å². The van der Waals surface area contributed by atoms with E-state index >= 15 is 0 Å². The van der Waals surface area contributed by atoms with Gasteiger partial charge < -0.3 is 19.5 Å². The Hall–Kier alpha value is -3.03.